The average Bonchev–Trinajstić information content (AvgIpc) is 3.08. The summed E-state index contributed by atoms with van der Waals surface area (Å²) in [4.78, 5) is 0. The maximum absolute atomic E-state index is 2.22. The molecule has 0 spiro atoms. The summed E-state index contributed by atoms with van der Waals surface area (Å²) in [7, 11) is 7.38. The molecule has 0 bridgehead atoms. The molecule has 2 rings (SSSR count). The minimum Gasteiger partial charge on any atom is -0.162 e. The molecule has 0 aromatic rings. The van der Waals surface area contributed by atoms with E-state index >= 15 is 0 Å². The highest BCUT2D eigenvalue weighted by molar-refractivity contribution is 8.78. The van der Waals surface area contributed by atoms with Crippen molar-refractivity contribution in [1.82, 2.24) is 0 Å². The van der Waals surface area contributed by atoms with Crippen LogP contribution in [0.4, 0.5) is 0 Å². The van der Waals surface area contributed by atoms with Crippen molar-refractivity contribution in [2.24, 2.45) is 0 Å². The van der Waals surface area contributed by atoms with Crippen LogP contribution < -0.4 is 0 Å². The average molecular weight is 327 g/mol. The zero-order valence-corrected chi connectivity index (χ0v) is 14.7. The summed E-state index contributed by atoms with van der Waals surface area (Å²) in [5, 5.41) is 4.23. The highest BCUT2D eigenvalue weighted by Crippen LogP contribution is 2.28. The first kappa shape index (κ1) is 18.2. The molecule has 0 aliphatic carbocycles. The van der Waals surface area contributed by atoms with Gasteiger partial charge in [-0.25, -0.2) is 0 Å². The molecule has 5 heteroatoms. The molecule has 0 nitrogen and oxygen atoms in total. The Morgan fingerprint density at radius 1 is 0.882 bits per heavy atom. The van der Waals surface area contributed by atoms with Gasteiger partial charge in [0.2, 0.25) is 0 Å². The Morgan fingerprint density at radius 2 is 1.35 bits per heavy atom. The topological polar surface area (TPSA) is 0 Å². The molecule has 0 saturated carbocycles. The van der Waals surface area contributed by atoms with Gasteiger partial charge in [-0.1, -0.05) is 69.2 Å². The van der Waals surface area contributed by atoms with E-state index in [4.69, 9.17) is 0 Å². The van der Waals surface area contributed by atoms with Crippen molar-refractivity contribution in [3.05, 3.63) is 23.0 Å². The normalized spacial score (nSPS) is 16.1. The van der Waals surface area contributed by atoms with Crippen molar-refractivity contribution in [3.63, 3.8) is 0 Å². The third kappa shape index (κ3) is 17.2. The Balaban J connectivity index is 0.000000229. The summed E-state index contributed by atoms with van der Waals surface area (Å²) in [6.07, 6.45) is 6.97. The van der Waals surface area contributed by atoms with Gasteiger partial charge in [0, 0.05) is 11.5 Å². The van der Waals surface area contributed by atoms with E-state index in [2.05, 4.69) is 48.6 Å². The lowest BCUT2D eigenvalue weighted by Gasteiger charge is -1.91. The first-order valence-electron chi connectivity index (χ1n) is 5.86. The van der Waals surface area contributed by atoms with E-state index in [9.17, 15) is 0 Å². The Bertz CT molecular complexity index is 159. The lowest BCUT2D eigenvalue weighted by atomic mass is 10.6. The van der Waals surface area contributed by atoms with Crippen LogP contribution in [0.15, 0.2) is 23.0 Å². The van der Waals surface area contributed by atoms with E-state index in [0.29, 0.717) is 0 Å². The van der Waals surface area contributed by atoms with Crippen LogP contribution in [0, 0.1) is 0 Å². The molecule has 0 N–H and O–H groups in total. The minimum absolute atomic E-state index is 1.20. The van der Waals surface area contributed by atoms with E-state index in [1.54, 1.807) is 0 Å². The molecule has 2 aliphatic heterocycles. The van der Waals surface area contributed by atoms with Gasteiger partial charge in [-0.3, -0.25) is 0 Å². The summed E-state index contributed by atoms with van der Waals surface area (Å²) in [6, 6.07) is 0. The van der Waals surface area contributed by atoms with Gasteiger partial charge in [0.05, 0.1) is 0 Å². The fraction of sp³-hybridized carbons (Fsp3) is 0.667. The van der Waals surface area contributed by atoms with Crippen LogP contribution in [-0.2, 0) is 0 Å². The highest BCUT2D eigenvalue weighted by Gasteiger charge is 1.86. The monoisotopic (exact) mass is 326 g/mol. The molecule has 100 valence electrons. The zero-order valence-electron chi connectivity index (χ0n) is 10.6. The van der Waals surface area contributed by atoms with Crippen LogP contribution in [-0.4, -0.2) is 23.0 Å². The van der Waals surface area contributed by atoms with E-state index in [0.717, 1.165) is 0 Å². The molecule has 0 aromatic carbocycles. The molecule has 0 radical (unpaired) electrons. The molecule has 0 saturated heterocycles. The van der Waals surface area contributed by atoms with Gasteiger partial charge < -0.3 is 0 Å². The number of hydrogen-bond acceptors (Lipinski definition) is 5. The maximum Gasteiger partial charge on any atom is 0.0229 e. The predicted molar refractivity (Wildman–Crippen MR) is 96.3 cm³/mol. The molecule has 0 unspecified atom stereocenters. The quantitative estimate of drug-likeness (QED) is 0.436. The number of hydrogen-bond donors (Lipinski definition) is 0. The highest BCUT2D eigenvalue weighted by atomic mass is 33.1. The second-order valence-electron chi connectivity index (χ2n) is 3.12. The van der Waals surface area contributed by atoms with Crippen molar-refractivity contribution < 1.29 is 0 Å². The lowest BCUT2D eigenvalue weighted by molar-refractivity contribution is 1.07. The van der Waals surface area contributed by atoms with Crippen LogP contribution in [0.5, 0.6) is 0 Å². The first-order chi connectivity index (χ1) is 8.41. The first-order valence-corrected chi connectivity index (χ1v) is 11.8. The van der Waals surface area contributed by atoms with Gasteiger partial charge in [0.25, 0.3) is 0 Å². The Morgan fingerprint density at radius 3 is 1.53 bits per heavy atom. The lowest BCUT2D eigenvalue weighted by Crippen LogP contribution is -1.76. The van der Waals surface area contributed by atoms with Crippen molar-refractivity contribution in [1.29, 1.82) is 0 Å². The minimum atomic E-state index is 1.20. The van der Waals surface area contributed by atoms with Crippen LogP contribution in [0.3, 0.4) is 0 Å². The van der Waals surface area contributed by atoms with E-state index < -0.39 is 0 Å². The molecule has 0 amide bonds. The fourth-order valence-electron chi connectivity index (χ4n) is 0.784. The SMILES string of the molecule is C1=CSSC1.C1=CSSC1.CCCSCCC. The van der Waals surface area contributed by atoms with E-state index in [-0.39, 0.29) is 0 Å². The van der Waals surface area contributed by atoms with Crippen LogP contribution in [0.25, 0.3) is 0 Å². The number of thioether (sulfide) groups is 1. The summed E-state index contributed by atoms with van der Waals surface area (Å²) < 4.78 is 0. The summed E-state index contributed by atoms with van der Waals surface area (Å²) >= 11 is 2.05. The molecular weight excluding hydrogens is 304 g/mol. The van der Waals surface area contributed by atoms with E-state index in [1.165, 1.54) is 35.9 Å². The van der Waals surface area contributed by atoms with Gasteiger partial charge >= 0.3 is 0 Å². The smallest absolute Gasteiger partial charge is 0.0229 e. The predicted octanol–water partition coefficient (Wildman–Crippen LogP) is 6.33. The standard InChI is InChI=1S/C6H14S.2C3H4S2/c1-3-5-7-6-4-2;2*1-2-4-5-3-1/h3-6H2,1-2H3;2*1-2H,3H2. The van der Waals surface area contributed by atoms with Crippen molar-refractivity contribution >= 4 is 54.9 Å². The Hall–Kier alpha value is 1.23. The second-order valence-corrected chi connectivity index (χ2v) is 8.98. The van der Waals surface area contributed by atoms with E-state index in [1.807, 2.05) is 43.2 Å². The van der Waals surface area contributed by atoms with Crippen LogP contribution in [0.2, 0.25) is 0 Å². The van der Waals surface area contributed by atoms with Gasteiger partial charge in [-0.2, -0.15) is 11.8 Å². The van der Waals surface area contributed by atoms with Gasteiger partial charge in [-0.05, 0) is 35.2 Å². The van der Waals surface area contributed by atoms with Crippen molar-refractivity contribution in [2.75, 3.05) is 23.0 Å². The Kier molecular flexibility index (Phi) is 18.5. The maximum atomic E-state index is 2.22. The third-order valence-corrected chi connectivity index (χ3v) is 6.69. The largest absolute Gasteiger partial charge is 0.162 e. The second kappa shape index (κ2) is 17.2. The Labute approximate surface area is 127 Å². The molecule has 2 heterocycles. The van der Waals surface area contributed by atoms with Crippen LogP contribution in [0.1, 0.15) is 26.7 Å². The third-order valence-electron chi connectivity index (χ3n) is 1.47. The zero-order chi connectivity index (χ0) is 12.6. The molecular formula is C12H22S5. The fourth-order valence-corrected chi connectivity index (χ4v) is 4.71. The van der Waals surface area contributed by atoms with Crippen LogP contribution >= 0.6 is 54.9 Å². The molecule has 0 aromatic heterocycles. The van der Waals surface area contributed by atoms with Gasteiger partial charge in [0.1, 0.15) is 0 Å². The molecule has 17 heavy (non-hydrogen) atoms. The summed E-state index contributed by atoms with van der Waals surface area (Å²) in [5.41, 5.74) is 0. The number of rotatable bonds is 4. The van der Waals surface area contributed by atoms with Gasteiger partial charge in [-0.15, -0.1) is 0 Å². The summed E-state index contributed by atoms with van der Waals surface area (Å²) in [6.45, 7) is 4.45. The van der Waals surface area contributed by atoms with Crippen molar-refractivity contribution in [2.45, 2.75) is 26.7 Å². The summed E-state index contributed by atoms with van der Waals surface area (Å²) in [5.74, 6) is 5.08. The molecule has 0 fully saturated rings. The molecule has 2 aliphatic rings. The van der Waals surface area contributed by atoms with Crippen molar-refractivity contribution in [3.8, 4) is 0 Å². The molecule has 0 atom stereocenters. The van der Waals surface area contributed by atoms with Gasteiger partial charge in [0.15, 0.2) is 0 Å².